The number of benzene rings is 1. The van der Waals surface area contributed by atoms with Gasteiger partial charge in [0, 0.05) is 37.7 Å². The molecule has 3 heterocycles. The van der Waals surface area contributed by atoms with Gasteiger partial charge in [0.05, 0.1) is 12.6 Å². The van der Waals surface area contributed by atoms with Crippen molar-refractivity contribution in [3.8, 4) is 5.75 Å². The summed E-state index contributed by atoms with van der Waals surface area (Å²) in [5, 5.41) is 12.1. The first-order valence-corrected chi connectivity index (χ1v) is 11.0. The molecule has 0 unspecified atom stereocenters. The molecule has 0 radical (unpaired) electrons. The normalized spacial score (nSPS) is 20.6. The van der Waals surface area contributed by atoms with E-state index in [1.165, 1.54) is 12.8 Å². The monoisotopic (exact) mass is 395 g/mol. The number of likely N-dealkylation sites (tertiary alicyclic amines) is 1. The van der Waals surface area contributed by atoms with Crippen LogP contribution in [0, 0.1) is 0 Å². The third-order valence-corrected chi connectivity index (χ3v) is 6.48. The molecular weight excluding hydrogens is 366 g/mol. The molecule has 1 aromatic carbocycles. The first-order valence-electron chi connectivity index (χ1n) is 11.0. The van der Waals surface area contributed by atoms with Gasteiger partial charge < -0.3 is 19.5 Å². The molecular formula is C22H29N5O2. The van der Waals surface area contributed by atoms with E-state index in [-0.39, 0.29) is 5.91 Å². The van der Waals surface area contributed by atoms with E-state index in [0.29, 0.717) is 12.0 Å². The second-order valence-electron chi connectivity index (χ2n) is 8.42. The van der Waals surface area contributed by atoms with Crippen molar-refractivity contribution < 1.29 is 9.53 Å². The number of amides is 1. The number of fused-ring (bicyclic) bond motifs is 1. The van der Waals surface area contributed by atoms with Crippen molar-refractivity contribution in [3.05, 3.63) is 41.5 Å². The van der Waals surface area contributed by atoms with Crippen LogP contribution in [0.25, 0.3) is 0 Å². The van der Waals surface area contributed by atoms with Gasteiger partial charge in [0.25, 0.3) is 5.91 Å². The smallest absolute Gasteiger partial charge is 0.253 e. The molecule has 1 saturated heterocycles. The second kappa shape index (κ2) is 8.14. The Morgan fingerprint density at radius 1 is 1.07 bits per heavy atom. The number of carbonyl (C=O) groups is 1. The lowest BCUT2D eigenvalue weighted by Crippen LogP contribution is -2.39. The molecule has 2 aromatic rings. The summed E-state index contributed by atoms with van der Waals surface area (Å²) in [7, 11) is 0. The number of ether oxygens (including phenoxy) is 1. The molecule has 3 aliphatic rings. The van der Waals surface area contributed by atoms with Crippen LogP contribution in [0.5, 0.6) is 5.75 Å². The van der Waals surface area contributed by atoms with Crippen molar-refractivity contribution in [1.29, 1.82) is 0 Å². The Labute approximate surface area is 171 Å². The minimum Gasteiger partial charge on any atom is -0.490 e. The largest absolute Gasteiger partial charge is 0.490 e. The van der Waals surface area contributed by atoms with Gasteiger partial charge in [-0.05, 0) is 56.7 Å². The van der Waals surface area contributed by atoms with Crippen molar-refractivity contribution in [2.24, 2.45) is 0 Å². The van der Waals surface area contributed by atoms with Crippen molar-refractivity contribution in [2.75, 3.05) is 19.6 Å². The lowest BCUT2D eigenvalue weighted by atomic mass is 9.95. The second-order valence-corrected chi connectivity index (χ2v) is 8.42. The molecule has 29 heavy (non-hydrogen) atoms. The van der Waals surface area contributed by atoms with Gasteiger partial charge in [-0.15, -0.1) is 10.2 Å². The van der Waals surface area contributed by atoms with Gasteiger partial charge in [-0.1, -0.05) is 6.07 Å². The maximum absolute atomic E-state index is 13.0. The summed E-state index contributed by atoms with van der Waals surface area (Å²) < 4.78 is 8.34. The van der Waals surface area contributed by atoms with E-state index in [9.17, 15) is 4.79 Å². The highest BCUT2D eigenvalue weighted by atomic mass is 16.5. The van der Waals surface area contributed by atoms with Gasteiger partial charge in [-0.2, -0.15) is 0 Å². The van der Waals surface area contributed by atoms with Crippen molar-refractivity contribution in [1.82, 2.24) is 25.0 Å². The molecule has 7 nitrogen and oxygen atoms in total. The Hall–Kier alpha value is -2.41. The number of carbonyl (C=O) groups excluding carboxylic acids is 1. The zero-order chi connectivity index (χ0) is 19.6. The quantitative estimate of drug-likeness (QED) is 0.862. The molecule has 7 heteroatoms. The number of piperidine rings is 1. The molecule has 1 aromatic heterocycles. The molecule has 1 aliphatic carbocycles. The molecule has 2 fully saturated rings. The van der Waals surface area contributed by atoms with Gasteiger partial charge in [-0.25, -0.2) is 0 Å². The standard InChI is InChI=1S/C22H29N5O2/c28-22(17-4-3-7-19(14-17)29-18-5-1-2-6-18)26-11-8-16(9-12-26)21-25-24-20-15-23-10-13-27(20)21/h3-4,7,14,16,18,23H,1-2,5-6,8-13,15H2. The van der Waals surface area contributed by atoms with E-state index in [1.807, 2.05) is 29.2 Å². The van der Waals surface area contributed by atoms with Gasteiger partial charge in [0.15, 0.2) is 0 Å². The van der Waals surface area contributed by atoms with Crippen molar-refractivity contribution in [2.45, 2.75) is 63.6 Å². The summed E-state index contributed by atoms with van der Waals surface area (Å²) in [6.07, 6.45) is 6.90. The van der Waals surface area contributed by atoms with E-state index >= 15 is 0 Å². The van der Waals surface area contributed by atoms with E-state index in [2.05, 4.69) is 20.1 Å². The van der Waals surface area contributed by atoms with Crippen LogP contribution in [0.2, 0.25) is 0 Å². The van der Waals surface area contributed by atoms with Gasteiger partial charge in [-0.3, -0.25) is 4.79 Å². The van der Waals surface area contributed by atoms with Crippen LogP contribution in [0.15, 0.2) is 24.3 Å². The third kappa shape index (κ3) is 3.88. The number of nitrogens with one attached hydrogen (secondary N) is 1. The lowest BCUT2D eigenvalue weighted by Gasteiger charge is -2.32. The van der Waals surface area contributed by atoms with Crippen LogP contribution in [0.3, 0.4) is 0 Å². The summed E-state index contributed by atoms with van der Waals surface area (Å²) >= 11 is 0. The lowest BCUT2D eigenvalue weighted by molar-refractivity contribution is 0.0709. The van der Waals surface area contributed by atoms with Crippen LogP contribution >= 0.6 is 0 Å². The van der Waals surface area contributed by atoms with E-state index in [4.69, 9.17) is 4.74 Å². The predicted octanol–water partition coefficient (Wildman–Crippen LogP) is 2.72. The zero-order valence-corrected chi connectivity index (χ0v) is 16.8. The summed E-state index contributed by atoms with van der Waals surface area (Å²) in [5.41, 5.74) is 0.727. The molecule has 0 atom stereocenters. The Kier molecular flexibility index (Phi) is 5.23. The van der Waals surface area contributed by atoms with E-state index in [0.717, 1.165) is 81.4 Å². The Morgan fingerprint density at radius 2 is 1.90 bits per heavy atom. The highest BCUT2D eigenvalue weighted by Crippen LogP contribution is 2.29. The SMILES string of the molecule is O=C(c1cccc(OC2CCCC2)c1)N1CCC(c2nnc3n2CCNC3)CC1. The zero-order valence-electron chi connectivity index (χ0n) is 16.8. The summed E-state index contributed by atoms with van der Waals surface area (Å²) in [5.74, 6) is 3.44. The fourth-order valence-electron chi connectivity index (χ4n) is 4.84. The minimum absolute atomic E-state index is 0.104. The third-order valence-electron chi connectivity index (χ3n) is 6.48. The molecule has 0 spiro atoms. The van der Waals surface area contributed by atoms with Crippen LogP contribution in [0.1, 0.15) is 66.4 Å². The molecule has 2 aliphatic heterocycles. The average Bonchev–Trinajstić information content (AvgIpc) is 3.43. The summed E-state index contributed by atoms with van der Waals surface area (Å²) in [6, 6.07) is 7.71. The maximum atomic E-state index is 13.0. The Balaban J connectivity index is 1.22. The molecule has 1 amide bonds. The predicted molar refractivity (Wildman–Crippen MR) is 109 cm³/mol. The molecule has 5 rings (SSSR count). The molecule has 0 bridgehead atoms. The maximum Gasteiger partial charge on any atom is 0.253 e. The first-order chi connectivity index (χ1) is 14.3. The van der Waals surface area contributed by atoms with Gasteiger partial charge >= 0.3 is 0 Å². The highest BCUT2D eigenvalue weighted by molar-refractivity contribution is 5.94. The highest BCUT2D eigenvalue weighted by Gasteiger charge is 2.29. The first kappa shape index (κ1) is 18.6. The molecule has 1 N–H and O–H groups in total. The van der Waals surface area contributed by atoms with Gasteiger partial charge in [0.1, 0.15) is 17.4 Å². The van der Waals surface area contributed by atoms with Crippen LogP contribution in [-0.2, 0) is 13.1 Å². The van der Waals surface area contributed by atoms with Crippen molar-refractivity contribution in [3.63, 3.8) is 0 Å². The van der Waals surface area contributed by atoms with Crippen LogP contribution in [-0.4, -0.2) is 51.3 Å². The van der Waals surface area contributed by atoms with E-state index < -0.39 is 0 Å². The number of aromatic nitrogens is 3. The summed E-state index contributed by atoms with van der Waals surface area (Å²) in [6.45, 7) is 4.22. The minimum atomic E-state index is 0.104. The van der Waals surface area contributed by atoms with E-state index in [1.54, 1.807) is 0 Å². The average molecular weight is 396 g/mol. The number of rotatable bonds is 4. The topological polar surface area (TPSA) is 72.3 Å². The molecule has 1 saturated carbocycles. The number of hydrogen-bond acceptors (Lipinski definition) is 5. The Bertz CT molecular complexity index is 866. The summed E-state index contributed by atoms with van der Waals surface area (Å²) in [4.78, 5) is 15.0. The van der Waals surface area contributed by atoms with Gasteiger partial charge in [0.2, 0.25) is 0 Å². The molecule has 154 valence electrons. The number of nitrogens with zero attached hydrogens (tertiary/aromatic N) is 4. The van der Waals surface area contributed by atoms with Crippen molar-refractivity contribution >= 4 is 5.91 Å². The number of hydrogen-bond donors (Lipinski definition) is 1. The van der Waals surface area contributed by atoms with Crippen LogP contribution < -0.4 is 10.1 Å². The fraction of sp³-hybridized carbons (Fsp3) is 0.591. The fourth-order valence-corrected chi connectivity index (χ4v) is 4.84. The Morgan fingerprint density at radius 3 is 2.72 bits per heavy atom. The van der Waals surface area contributed by atoms with Crippen LogP contribution in [0.4, 0.5) is 0 Å².